The van der Waals surface area contributed by atoms with Gasteiger partial charge in [0.15, 0.2) is 9.84 Å². The minimum absolute atomic E-state index is 0.0635. The third-order valence-electron chi connectivity index (χ3n) is 2.10. The first-order valence-electron chi connectivity index (χ1n) is 5.02. The Morgan fingerprint density at radius 1 is 1.29 bits per heavy atom. The Morgan fingerprint density at radius 2 is 1.88 bits per heavy atom. The number of anilines is 1. The van der Waals surface area contributed by atoms with Crippen LogP contribution in [0.25, 0.3) is 0 Å². The van der Waals surface area contributed by atoms with Crippen molar-refractivity contribution >= 4 is 33.2 Å². The van der Waals surface area contributed by atoms with E-state index < -0.39 is 9.84 Å². The molecule has 0 fully saturated rings. The number of nitrogens with one attached hydrogen (secondary N) is 1. The van der Waals surface area contributed by atoms with Crippen molar-refractivity contribution in [1.29, 1.82) is 0 Å². The van der Waals surface area contributed by atoms with Crippen LogP contribution in [0.5, 0.6) is 0 Å². The van der Waals surface area contributed by atoms with Gasteiger partial charge in [-0.15, -0.1) is 0 Å². The summed E-state index contributed by atoms with van der Waals surface area (Å²) in [7, 11) is -3.18. The Kier molecular flexibility index (Phi) is 5.02. The number of hydrogen-bond acceptors (Lipinski definition) is 4. The van der Waals surface area contributed by atoms with Gasteiger partial charge in [-0.2, -0.15) is 11.8 Å². The largest absolute Gasteiger partial charge is 0.326 e. The van der Waals surface area contributed by atoms with Gasteiger partial charge in [0.2, 0.25) is 5.91 Å². The molecule has 1 amide bonds. The Morgan fingerprint density at radius 3 is 2.35 bits per heavy atom. The van der Waals surface area contributed by atoms with Crippen molar-refractivity contribution in [3.8, 4) is 0 Å². The van der Waals surface area contributed by atoms with Crippen molar-refractivity contribution in [2.75, 3.05) is 23.6 Å². The predicted octanol–water partition coefficient (Wildman–Crippen LogP) is 1.78. The molecule has 1 aromatic carbocycles. The van der Waals surface area contributed by atoms with Crippen molar-refractivity contribution < 1.29 is 13.2 Å². The van der Waals surface area contributed by atoms with Crippen molar-refractivity contribution in [2.24, 2.45) is 0 Å². The molecule has 0 atom stereocenters. The van der Waals surface area contributed by atoms with Gasteiger partial charge in [-0.25, -0.2) is 8.42 Å². The number of thioether (sulfide) groups is 1. The smallest absolute Gasteiger partial charge is 0.225 e. The van der Waals surface area contributed by atoms with E-state index in [1.807, 2.05) is 6.26 Å². The van der Waals surface area contributed by atoms with Crippen molar-refractivity contribution in [2.45, 2.75) is 11.3 Å². The fourth-order valence-electron chi connectivity index (χ4n) is 1.20. The molecule has 0 radical (unpaired) electrons. The van der Waals surface area contributed by atoms with Crippen LogP contribution in [0.3, 0.4) is 0 Å². The van der Waals surface area contributed by atoms with Crippen LogP contribution in [-0.2, 0) is 14.6 Å². The maximum Gasteiger partial charge on any atom is 0.225 e. The summed E-state index contributed by atoms with van der Waals surface area (Å²) in [6.07, 6.45) is 3.54. The quantitative estimate of drug-likeness (QED) is 0.888. The Balaban J connectivity index is 2.66. The molecule has 0 aliphatic heterocycles. The summed E-state index contributed by atoms with van der Waals surface area (Å²) in [5.74, 6) is 0.708. The normalized spacial score (nSPS) is 11.2. The molecule has 0 aliphatic carbocycles. The molecule has 0 bridgehead atoms. The molecule has 0 heterocycles. The molecule has 6 heteroatoms. The van der Waals surface area contributed by atoms with Crippen LogP contribution in [0, 0.1) is 0 Å². The summed E-state index contributed by atoms with van der Waals surface area (Å²) in [6, 6.07) is 6.15. The summed E-state index contributed by atoms with van der Waals surface area (Å²) in [6.45, 7) is 0. The van der Waals surface area contributed by atoms with Crippen LogP contribution in [0.4, 0.5) is 5.69 Å². The number of benzene rings is 1. The average Bonchev–Trinajstić information content (AvgIpc) is 2.26. The zero-order valence-corrected chi connectivity index (χ0v) is 11.4. The number of carbonyl (C=O) groups excluding carboxylic acids is 1. The van der Waals surface area contributed by atoms with Crippen LogP contribution < -0.4 is 5.32 Å². The zero-order chi connectivity index (χ0) is 12.9. The van der Waals surface area contributed by atoms with Crippen molar-refractivity contribution in [1.82, 2.24) is 0 Å². The molecular weight excluding hydrogens is 258 g/mol. The molecule has 4 nitrogen and oxygen atoms in total. The van der Waals surface area contributed by atoms with E-state index in [1.54, 1.807) is 23.9 Å². The van der Waals surface area contributed by atoms with Crippen LogP contribution in [-0.4, -0.2) is 32.6 Å². The summed E-state index contributed by atoms with van der Waals surface area (Å²) < 4.78 is 22.4. The highest BCUT2D eigenvalue weighted by molar-refractivity contribution is 7.98. The SMILES string of the molecule is CSCCC(=O)Nc1ccc(S(C)(=O)=O)cc1. The highest BCUT2D eigenvalue weighted by Gasteiger charge is 2.07. The molecule has 0 aliphatic rings. The van der Waals surface area contributed by atoms with E-state index in [9.17, 15) is 13.2 Å². The second-order valence-corrected chi connectivity index (χ2v) is 6.59. The first-order chi connectivity index (χ1) is 7.93. The third kappa shape index (κ3) is 4.79. The fourth-order valence-corrected chi connectivity index (χ4v) is 2.22. The summed E-state index contributed by atoms with van der Waals surface area (Å²) in [5, 5.41) is 2.71. The van der Waals surface area contributed by atoms with Gasteiger partial charge in [0.05, 0.1) is 4.90 Å². The summed E-state index contributed by atoms with van der Waals surface area (Å²) >= 11 is 1.61. The molecule has 0 saturated carbocycles. The van der Waals surface area contributed by atoms with E-state index >= 15 is 0 Å². The van der Waals surface area contributed by atoms with Crippen LogP contribution >= 0.6 is 11.8 Å². The lowest BCUT2D eigenvalue weighted by molar-refractivity contribution is -0.115. The standard InChI is InChI=1S/C11H15NO3S2/c1-16-8-7-11(13)12-9-3-5-10(6-4-9)17(2,14)15/h3-6H,7-8H2,1-2H3,(H,12,13). The number of sulfone groups is 1. The molecular formula is C11H15NO3S2. The van der Waals surface area contributed by atoms with E-state index in [0.29, 0.717) is 12.1 Å². The second-order valence-electron chi connectivity index (χ2n) is 3.59. The number of rotatable bonds is 5. The van der Waals surface area contributed by atoms with Gasteiger partial charge in [-0.1, -0.05) is 0 Å². The summed E-state index contributed by atoms with van der Waals surface area (Å²) in [5.41, 5.74) is 0.614. The maximum absolute atomic E-state index is 11.4. The van der Waals surface area contributed by atoms with Crippen molar-refractivity contribution in [3.63, 3.8) is 0 Å². The molecule has 0 spiro atoms. The highest BCUT2D eigenvalue weighted by atomic mass is 32.2. The van der Waals surface area contributed by atoms with E-state index in [-0.39, 0.29) is 10.8 Å². The second kappa shape index (κ2) is 6.07. The highest BCUT2D eigenvalue weighted by Crippen LogP contribution is 2.14. The van der Waals surface area contributed by atoms with Gasteiger partial charge in [0.25, 0.3) is 0 Å². The molecule has 17 heavy (non-hydrogen) atoms. The van der Waals surface area contributed by atoms with Gasteiger partial charge >= 0.3 is 0 Å². The average molecular weight is 273 g/mol. The molecule has 1 aromatic rings. The lowest BCUT2D eigenvalue weighted by Crippen LogP contribution is -2.12. The van der Waals surface area contributed by atoms with Crippen LogP contribution in [0.15, 0.2) is 29.2 Å². The minimum atomic E-state index is -3.18. The lowest BCUT2D eigenvalue weighted by Gasteiger charge is -2.05. The van der Waals surface area contributed by atoms with Crippen LogP contribution in [0.1, 0.15) is 6.42 Å². The predicted molar refractivity (Wildman–Crippen MR) is 71.2 cm³/mol. The van der Waals surface area contributed by atoms with Crippen LogP contribution in [0.2, 0.25) is 0 Å². The lowest BCUT2D eigenvalue weighted by atomic mass is 10.3. The molecule has 0 aromatic heterocycles. The first-order valence-corrected chi connectivity index (χ1v) is 8.31. The topological polar surface area (TPSA) is 63.2 Å². The molecule has 1 N–H and O–H groups in total. The van der Waals surface area contributed by atoms with Crippen molar-refractivity contribution in [3.05, 3.63) is 24.3 Å². The molecule has 0 saturated heterocycles. The fraction of sp³-hybridized carbons (Fsp3) is 0.364. The third-order valence-corrected chi connectivity index (χ3v) is 3.84. The first kappa shape index (κ1) is 14.1. The Hall–Kier alpha value is -1.01. The monoisotopic (exact) mass is 273 g/mol. The van der Waals surface area contributed by atoms with Gasteiger partial charge in [-0.05, 0) is 30.5 Å². The van der Waals surface area contributed by atoms with Gasteiger partial charge in [-0.3, -0.25) is 4.79 Å². The number of carbonyl (C=O) groups is 1. The molecule has 0 unspecified atom stereocenters. The van der Waals surface area contributed by atoms with E-state index in [4.69, 9.17) is 0 Å². The zero-order valence-electron chi connectivity index (χ0n) is 9.76. The minimum Gasteiger partial charge on any atom is -0.326 e. The molecule has 1 rings (SSSR count). The Labute approximate surface area is 106 Å². The summed E-state index contributed by atoms with van der Waals surface area (Å²) in [4.78, 5) is 11.7. The Bertz CT molecular complexity index is 480. The molecule has 94 valence electrons. The number of hydrogen-bond donors (Lipinski definition) is 1. The van der Waals surface area contributed by atoms with E-state index in [1.165, 1.54) is 12.1 Å². The number of amides is 1. The van der Waals surface area contributed by atoms with Gasteiger partial charge in [0, 0.05) is 24.1 Å². The maximum atomic E-state index is 11.4. The van der Waals surface area contributed by atoms with E-state index in [0.717, 1.165) is 12.0 Å². The van der Waals surface area contributed by atoms with E-state index in [2.05, 4.69) is 5.32 Å². The van der Waals surface area contributed by atoms with Gasteiger partial charge in [0.1, 0.15) is 0 Å². The van der Waals surface area contributed by atoms with Gasteiger partial charge < -0.3 is 5.32 Å².